The van der Waals surface area contributed by atoms with Crippen LogP contribution in [0.3, 0.4) is 0 Å². The van der Waals surface area contributed by atoms with Crippen LogP contribution in [0.1, 0.15) is 22.5 Å². The number of hydrogen-bond donors (Lipinski definition) is 3. The van der Waals surface area contributed by atoms with E-state index in [1.165, 1.54) is 0 Å². The SMILES string of the molecule is Nc1c(C(=O)O)cnc(C(F)F)c1N. The molecule has 0 spiro atoms. The number of nitrogens with zero attached hydrogens (tertiary/aromatic N) is 1. The van der Waals surface area contributed by atoms with E-state index >= 15 is 0 Å². The van der Waals surface area contributed by atoms with Crippen LogP contribution in [0.15, 0.2) is 6.20 Å². The summed E-state index contributed by atoms with van der Waals surface area (Å²) < 4.78 is 24.4. The Morgan fingerprint density at radius 3 is 2.43 bits per heavy atom. The molecule has 5 N–H and O–H groups in total. The summed E-state index contributed by atoms with van der Waals surface area (Å²) in [6.07, 6.45) is -2.12. The predicted molar refractivity (Wildman–Crippen MR) is 45.0 cm³/mol. The Hall–Kier alpha value is -1.92. The van der Waals surface area contributed by atoms with E-state index in [0.29, 0.717) is 0 Å². The number of aromatic carboxylic acids is 1. The summed E-state index contributed by atoms with van der Waals surface area (Å²) in [6, 6.07) is 0. The lowest BCUT2D eigenvalue weighted by atomic mass is 10.2. The van der Waals surface area contributed by atoms with Gasteiger partial charge in [0.15, 0.2) is 0 Å². The molecule has 1 aromatic rings. The first-order chi connectivity index (χ1) is 6.45. The van der Waals surface area contributed by atoms with Crippen LogP contribution in [0.4, 0.5) is 20.2 Å². The first kappa shape index (κ1) is 10.2. The Labute approximate surface area is 77.3 Å². The van der Waals surface area contributed by atoms with Gasteiger partial charge in [0.2, 0.25) is 0 Å². The Bertz CT molecular complexity index is 381. The normalized spacial score (nSPS) is 10.5. The van der Waals surface area contributed by atoms with Crippen LogP contribution in [0.2, 0.25) is 0 Å². The summed E-state index contributed by atoms with van der Waals surface area (Å²) in [4.78, 5) is 13.7. The van der Waals surface area contributed by atoms with Gasteiger partial charge in [-0.05, 0) is 0 Å². The lowest BCUT2D eigenvalue weighted by Crippen LogP contribution is -2.10. The van der Waals surface area contributed by atoms with Gasteiger partial charge >= 0.3 is 5.97 Å². The van der Waals surface area contributed by atoms with Crippen LogP contribution in [0.25, 0.3) is 0 Å². The van der Waals surface area contributed by atoms with Gasteiger partial charge in [0, 0.05) is 6.20 Å². The van der Waals surface area contributed by atoms with E-state index in [9.17, 15) is 13.6 Å². The summed E-state index contributed by atoms with van der Waals surface area (Å²) >= 11 is 0. The number of anilines is 2. The number of hydrogen-bond acceptors (Lipinski definition) is 4. The van der Waals surface area contributed by atoms with Crippen molar-refractivity contribution in [2.75, 3.05) is 11.5 Å². The first-order valence-corrected chi connectivity index (χ1v) is 3.50. The Morgan fingerprint density at radius 2 is 2.00 bits per heavy atom. The van der Waals surface area contributed by atoms with Crippen molar-refractivity contribution >= 4 is 17.3 Å². The molecular formula is C7H7F2N3O2. The van der Waals surface area contributed by atoms with Crippen molar-refractivity contribution in [3.63, 3.8) is 0 Å². The van der Waals surface area contributed by atoms with Crippen molar-refractivity contribution in [1.82, 2.24) is 4.98 Å². The van der Waals surface area contributed by atoms with Gasteiger partial charge in [0.1, 0.15) is 11.3 Å². The van der Waals surface area contributed by atoms with Crippen LogP contribution >= 0.6 is 0 Å². The van der Waals surface area contributed by atoms with E-state index in [1.54, 1.807) is 0 Å². The fourth-order valence-electron chi connectivity index (χ4n) is 0.901. The molecule has 0 aliphatic carbocycles. The predicted octanol–water partition coefficient (Wildman–Crippen LogP) is 0.882. The van der Waals surface area contributed by atoms with E-state index in [4.69, 9.17) is 16.6 Å². The molecule has 0 aliphatic heterocycles. The molecule has 5 nitrogen and oxygen atoms in total. The van der Waals surface area contributed by atoms with Gasteiger partial charge in [-0.15, -0.1) is 0 Å². The Kier molecular flexibility index (Phi) is 2.50. The average Bonchev–Trinajstić information content (AvgIpc) is 2.08. The lowest BCUT2D eigenvalue weighted by molar-refractivity contribution is 0.0697. The molecule has 0 radical (unpaired) electrons. The molecule has 0 saturated heterocycles. The van der Waals surface area contributed by atoms with Gasteiger partial charge in [-0.3, -0.25) is 4.98 Å². The monoisotopic (exact) mass is 203 g/mol. The molecule has 0 fully saturated rings. The van der Waals surface area contributed by atoms with Gasteiger partial charge in [0.25, 0.3) is 6.43 Å². The van der Waals surface area contributed by atoms with Gasteiger partial charge in [-0.1, -0.05) is 0 Å². The van der Waals surface area contributed by atoms with Gasteiger partial charge in [-0.2, -0.15) is 0 Å². The molecule has 1 heterocycles. The third-order valence-corrected chi connectivity index (χ3v) is 1.63. The maximum atomic E-state index is 12.2. The summed E-state index contributed by atoms with van der Waals surface area (Å²) in [5.41, 5.74) is 8.48. The number of nitrogens with two attached hydrogens (primary N) is 2. The van der Waals surface area contributed by atoms with Crippen LogP contribution in [0, 0.1) is 0 Å². The second kappa shape index (κ2) is 3.44. The van der Waals surface area contributed by atoms with Crippen molar-refractivity contribution in [2.45, 2.75) is 6.43 Å². The zero-order valence-corrected chi connectivity index (χ0v) is 6.87. The molecule has 0 unspecified atom stereocenters. The molecular weight excluding hydrogens is 196 g/mol. The number of carbonyl (C=O) groups is 1. The number of aromatic nitrogens is 1. The number of halogens is 2. The molecule has 7 heteroatoms. The molecule has 0 atom stereocenters. The van der Waals surface area contributed by atoms with Gasteiger partial charge in [-0.25, -0.2) is 13.6 Å². The Balaban J connectivity index is 3.33. The molecule has 1 rings (SSSR count). The molecule has 14 heavy (non-hydrogen) atoms. The van der Waals surface area contributed by atoms with E-state index in [2.05, 4.69) is 4.98 Å². The van der Waals surface area contributed by atoms with E-state index in [1.807, 2.05) is 0 Å². The topological polar surface area (TPSA) is 102 Å². The zero-order chi connectivity index (χ0) is 10.9. The number of rotatable bonds is 2. The molecule has 0 aliphatic rings. The number of carboxylic acid groups (broad SMARTS) is 1. The summed E-state index contributed by atoms with van der Waals surface area (Å²) in [7, 11) is 0. The zero-order valence-electron chi connectivity index (χ0n) is 6.87. The maximum absolute atomic E-state index is 12.2. The third kappa shape index (κ3) is 1.56. The summed E-state index contributed by atoms with van der Waals surface area (Å²) in [6.45, 7) is 0. The number of pyridine rings is 1. The fraction of sp³-hybridized carbons (Fsp3) is 0.143. The number of carboxylic acids is 1. The molecule has 0 saturated carbocycles. The number of alkyl halides is 2. The highest BCUT2D eigenvalue weighted by molar-refractivity contribution is 5.96. The minimum absolute atomic E-state index is 0.383. The van der Waals surface area contributed by atoms with Crippen molar-refractivity contribution < 1.29 is 18.7 Å². The third-order valence-electron chi connectivity index (χ3n) is 1.63. The van der Waals surface area contributed by atoms with E-state index in [0.717, 1.165) is 6.20 Å². The standard InChI is InChI=1S/C7H7F2N3O2/c8-6(9)5-4(11)3(10)2(1-12-5)7(13)14/h1,6H,11H2,(H2,10,12)(H,13,14). The lowest BCUT2D eigenvalue weighted by Gasteiger charge is -2.08. The second-order valence-electron chi connectivity index (χ2n) is 2.49. The van der Waals surface area contributed by atoms with Crippen LogP contribution in [-0.4, -0.2) is 16.1 Å². The van der Waals surface area contributed by atoms with Crippen LogP contribution < -0.4 is 11.5 Å². The fourth-order valence-corrected chi connectivity index (χ4v) is 0.901. The van der Waals surface area contributed by atoms with Gasteiger partial charge < -0.3 is 16.6 Å². The van der Waals surface area contributed by atoms with Crippen molar-refractivity contribution in [1.29, 1.82) is 0 Å². The van der Waals surface area contributed by atoms with Crippen molar-refractivity contribution in [3.05, 3.63) is 17.5 Å². The molecule has 76 valence electrons. The summed E-state index contributed by atoms with van der Waals surface area (Å²) in [5, 5.41) is 8.56. The highest BCUT2D eigenvalue weighted by Crippen LogP contribution is 2.29. The quantitative estimate of drug-likeness (QED) is 0.662. The molecule has 0 bridgehead atoms. The van der Waals surface area contributed by atoms with Crippen LogP contribution in [-0.2, 0) is 0 Å². The minimum atomic E-state index is -2.87. The van der Waals surface area contributed by atoms with Crippen LogP contribution in [0.5, 0.6) is 0 Å². The van der Waals surface area contributed by atoms with Crippen molar-refractivity contribution in [3.8, 4) is 0 Å². The summed E-state index contributed by atoms with van der Waals surface area (Å²) in [5.74, 6) is -1.36. The highest BCUT2D eigenvalue weighted by atomic mass is 19.3. The molecule has 0 amide bonds. The van der Waals surface area contributed by atoms with Crippen molar-refractivity contribution in [2.24, 2.45) is 0 Å². The molecule has 1 aromatic heterocycles. The highest BCUT2D eigenvalue weighted by Gasteiger charge is 2.19. The largest absolute Gasteiger partial charge is 0.478 e. The van der Waals surface area contributed by atoms with E-state index < -0.39 is 23.8 Å². The van der Waals surface area contributed by atoms with Gasteiger partial charge in [0.05, 0.1) is 11.4 Å². The number of nitrogen functional groups attached to an aromatic ring is 2. The van der Waals surface area contributed by atoms with E-state index in [-0.39, 0.29) is 11.3 Å². The minimum Gasteiger partial charge on any atom is -0.478 e. The molecule has 0 aromatic carbocycles. The second-order valence-corrected chi connectivity index (χ2v) is 2.49. The average molecular weight is 203 g/mol. The maximum Gasteiger partial charge on any atom is 0.339 e. The Morgan fingerprint density at radius 1 is 1.43 bits per heavy atom. The first-order valence-electron chi connectivity index (χ1n) is 3.50. The smallest absolute Gasteiger partial charge is 0.339 e.